The van der Waals surface area contributed by atoms with Crippen molar-refractivity contribution in [1.82, 2.24) is 9.97 Å². The second kappa shape index (κ2) is 9.65. The highest BCUT2D eigenvalue weighted by atomic mass is 32.2. The number of hydrogen-bond donors (Lipinski definition) is 0. The standard InChI is InChI=1S/C27H21FN2O3S2/c1-35(31,32)24-9-5-3-7-22(24)27-26(19-10-13-20(28)14-11-19)30-25(34-27)17-33-16-21-15-12-18-6-2-4-8-23(18)29-21/h2-15H,16-17H2,1H3. The summed E-state index contributed by atoms with van der Waals surface area (Å²) in [6, 6.07) is 24.7. The third-order valence-electron chi connectivity index (χ3n) is 5.45. The van der Waals surface area contributed by atoms with Gasteiger partial charge in [-0.25, -0.2) is 17.8 Å². The van der Waals surface area contributed by atoms with Gasteiger partial charge >= 0.3 is 0 Å². The number of aromatic nitrogens is 2. The molecular weight excluding hydrogens is 483 g/mol. The number of pyridine rings is 1. The largest absolute Gasteiger partial charge is 0.368 e. The number of hydrogen-bond acceptors (Lipinski definition) is 6. The summed E-state index contributed by atoms with van der Waals surface area (Å²) in [5, 5.41) is 1.75. The highest BCUT2D eigenvalue weighted by Crippen LogP contribution is 2.40. The quantitative estimate of drug-likeness (QED) is 0.261. The van der Waals surface area contributed by atoms with E-state index < -0.39 is 9.84 Å². The lowest BCUT2D eigenvalue weighted by molar-refractivity contribution is 0.104. The predicted molar refractivity (Wildman–Crippen MR) is 136 cm³/mol. The van der Waals surface area contributed by atoms with Crippen LogP contribution in [0.1, 0.15) is 10.7 Å². The van der Waals surface area contributed by atoms with E-state index in [9.17, 15) is 12.8 Å². The maximum absolute atomic E-state index is 13.6. The van der Waals surface area contributed by atoms with Gasteiger partial charge in [0.05, 0.1) is 39.9 Å². The highest BCUT2D eigenvalue weighted by molar-refractivity contribution is 7.90. The molecule has 0 saturated carbocycles. The normalized spacial score (nSPS) is 11.7. The monoisotopic (exact) mass is 504 g/mol. The van der Waals surface area contributed by atoms with E-state index in [-0.39, 0.29) is 17.3 Å². The minimum Gasteiger partial charge on any atom is -0.368 e. The van der Waals surface area contributed by atoms with Crippen LogP contribution < -0.4 is 0 Å². The molecule has 0 radical (unpaired) electrons. The fourth-order valence-corrected chi connectivity index (χ4v) is 5.84. The Morgan fingerprint density at radius 3 is 2.40 bits per heavy atom. The van der Waals surface area contributed by atoms with E-state index in [0.717, 1.165) is 16.6 Å². The molecule has 0 atom stereocenters. The van der Waals surface area contributed by atoms with Gasteiger partial charge in [-0.2, -0.15) is 0 Å². The summed E-state index contributed by atoms with van der Waals surface area (Å²) in [7, 11) is -3.47. The van der Waals surface area contributed by atoms with Crippen LogP contribution in [-0.4, -0.2) is 24.6 Å². The van der Waals surface area contributed by atoms with Crippen molar-refractivity contribution in [2.75, 3.05) is 6.26 Å². The van der Waals surface area contributed by atoms with Gasteiger partial charge < -0.3 is 4.74 Å². The zero-order chi connectivity index (χ0) is 24.4. The highest BCUT2D eigenvalue weighted by Gasteiger charge is 2.21. The maximum Gasteiger partial charge on any atom is 0.176 e. The number of thiazole rings is 1. The lowest BCUT2D eigenvalue weighted by atomic mass is 10.1. The summed E-state index contributed by atoms with van der Waals surface area (Å²) in [6.07, 6.45) is 1.19. The number of nitrogens with zero attached hydrogens (tertiary/aromatic N) is 2. The van der Waals surface area contributed by atoms with Crippen molar-refractivity contribution in [1.29, 1.82) is 0 Å². The average Bonchev–Trinajstić information content (AvgIpc) is 3.28. The summed E-state index contributed by atoms with van der Waals surface area (Å²) in [5.74, 6) is -0.353. The number of fused-ring (bicyclic) bond motifs is 1. The first-order valence-corrected chi connectivity index (χ1v) is 13.6. The molecule has 0 unspecified atom stereocenters. The van der Waals surface area contributed by atoms with Gasteiger partial charge in [-0.1, -0.05) is 42.5 Å². The minimum atomic E-state index is -3.47. The zero-order valence-corrected chi connectivity index (χ0v) is 20.4. The SMILES string of the molecule is CS(=O)(=O)c1ccccc1-c1sc(COCc2ccc3ccccc3n2)nc1-c1ccc(F)cc1. The van der Waals surface area contributed by atoms with Crippen LogP contribution in [0.5, 0.6) is 0 Å². The summed E-state index contributed by atoms with van der Waals surface area (Å²) >= 11 is 1.36. The third-order valence-corrected chi connectivity index (χ3v) is 7.67. The molecule has 176 valence electrons. The van der Waals surface area contributed by atoms with Crippen molar-refractivity contribution in [3.63, 3.8) is 0 Å². The van der Waals surface area contributed by atoms with Gasteiger partial charge in [0, 0.05) is 22.8 Å². The van der Waals surface area contributed by atoms with Crippen molar-refractivity contribution in [2.45, 2.75) is 18.1 Å². The topological polar surface area (TPSA) is 69.2 Å². The van der Waals surface area contributed by atoms with Gasteiger partial charge in [0.25, 0.3) is 0 Å². The Kier molecular flexibility index (Phi) is 6.42. The lowest BCUT2D eigenvalue weighted by Crippen LogP contribution is -1.99. The van der Waals surface area contributed by atoms with Gasteiger partial charge in [0.15, 0.2) is 9.84 Å². The molecule has 5 rings (SSSR count). The van der Waals surface area contributed by atoms with Crippen LogP contribution in [0.15, 0.2) is 89.8 Å². The van der Waals surface area contributed by atoms with Crippen LogP contribution in [0.3, 0.4) is 0 Å². The van der Waals surface area contributed by atoms with Crippen LogP contribution in [0.25, 0.3) is 32.6 Å². The van der Waals surface area contributed by atoms with Crippen molar-refractivity contribution < 1.29 is 17.5 Å². The molecule has 35 heavy (non-hydrogen) atoms. The molecule has 5 nitrogen and oxygen atoms in total. The minimum absolute atomic E-state index is 0.222. The molecule has 3 aromatic carbocycles. The van der Waals surface area contributed by atoms with Crippen molar-refractivity contribution in [3.05, 3.63) is 101 Å². The molecule has 0 spiro atoms. The summed E-state index contributed by atoms with van der Waals surface area (Å²) in [4.78, 5) is 10.3. The summed E-state index contributed by atoms with van der Waals surface area (Å²) in [6.45, 7) is 0.542. The van der Waals surface area contributed by atoms with Crippen molar-refractivity contribution in [3.8, 4) is 21.7 Å². The van der Waals surface area contributed by atoms with Crippen LogP contribution in [-0.2, 0) is 27.8 Å². The first-order valence-electron chi connectivity index (χ1n) is 10.9. The average molecular weight is 505 g/mol. The Bertz CT molecular complexity index is 1610. The third kappa shape index (κ3) is 5.14. The fraction of sp³-hybridized carbons (Fsp3) is 0.111. The smallest absolute Gasteiger partial charge is 0.176 e. The van der Waals surface area contributed by atoms with Gasteiger partial charge in [-0.15, -0.1) is 11.3 Å². The molecular formula is C27H21FN2O3S2. The number of para-hydroxylation sites is 1. The number of halogens is 1. The lowest BCUT2D eigenvalue weighted by Gasteiger charge is -2.08. The van der Waals surface area contributed by atoms with E-state index in [4.69, 9.17) is 9.72 Å². The summed E-state index contributed by atoms with van der Waals surface area (Å²) < 4.78 is 44.4. The van der Waals surface area contributed by atoms with E-state index in [1.54, 1.807) is 36.4 Å². The predicted octanol–water partition coefficient (Wildman–Crippen LogP) is 6.28. The molecule has 0 aliphatic carbocycles. The van der Waals surface area contributed by atoms with Gasteiger partial charge in [-0.3, -0.25) is 4.98 Å². The molecule has 0 amide bonds. The van der Waals surface area contributed by atoms with Gasteiger partial charge in [0.2, 0.25) is 0 Å². The Hall–Kier alpha value is -3.46. The molecule has 2 heterocycles. The maximum atomic E-state index is 13.6. The van der Waals surface area contributed by atoms with Gasteiger partial charge in [-0.05, 0) is 42.5 Å². The number of benzene rings is 3. The van der Waals surface area contributed by atoms with E-state index in [1.807, 2.05) is 36.4 Å². The Labute approximate surface area is 206 Å². The number of sulfone groups is 1. The summed E-state index contributed by atoms with van der Waals surface area (Å²) in [5.41, 5.74) is 3.56. The Balaban J connectivity index is 1.46. The van der Waals surface area contributed by atoms with Crippen molar-refractivity contribution >= 4 is 32.1 Å². The molecule has 8 heteroatoms. The number of rotatable bonds is 7. The van der Waals surface area contributed by atoms with Crippen LogP contribution in [0.2, 0.25) is 0 Å². The molecule has 0 fully saturated rings. The fourth-order valence-electron chi connectivity index (χ4n) is 3.82. The molecule has 0 bridgehead atoms. The first-order chi connectivity index (χ1) is 16.9. The second-order valence-electron chi connectivity index (χ2n) is 8.05. The molecule has 5 aromatic rings. The Morgan fingerprint density at radius 2 is 1.60 bits per heavy atom. The number of ether oxygens (including phenoxy) is 1. The molecule has 0 aliphatic heterocycles. The molecule has 0 saturated heterocycles. The molecule has 0 aliphatic rings. The van der Waals surface area contributed by atoms with Crippen LogP contribution >= 0.6 is 11.3 Å². The van der Waals surface area contributed by atoms with E-state index >= 15 is 0 Å². The first kappa shape index (κ1) is 23.3. The van der Waals surface area contributed by atoms with E-state index in [2.05, 4.69) is 4.98 Å². The van der Waals surface area contributed by atoms with Crippen LogP contribution in [0.4, 0.5) is 4.39 Å². The van der Waals surface area contributed by atoms with E-state index in [0.29, 0.717) is 33.3 Å². The van der Waals surface area contributed by atoms with Crippen molar-refractivity contribution in [2.24, 2.45) is 0 Å². The molecule has 2 aromatic heterocycles. The second-order valence-corrected chi connectivity index (χ2v) is 11.1. The van der Waals surface area contributed by atoms with Gasteiger partial charge in [0.1, 0.15) is 10.8 Å². The zero-order valence-electron chi connectivity index (χ0n) is 18.8. The molecule has 0 N–H and O–H groups in total. The Morgan fingerprint density at radius 1 is 0.857 bits per heavy atom. The van der Waals surface area contributed by atoms with Crippen LogP contribution in [0, 0.1) is 5.82 Å². The van der Waals surface area contributed by atoms with E-state index in [1.165, 1.54) is 29.7 Å².